The highest BCUT2D eigenvalue weighted by Gasteiger charge is 2.13. The Balaban J connectivity index is 1.97. The van der Waals surface area contributed by atoms with Crippen LogP contribution in [0.25, 0.3) is 11.1 Å². The van der Waals surface area contributed by atoms with Crippen molar-refractivity contribution in [3.05, 3.63) is 53.1 Å². The summed E-state index contributed by atoms with van der Waals surface area (Å²) in [6, 6.07) is 12.1. The van der Waals surface area contributed by atoms with Crippen molar-refractivity contribution < 1.29 is 9.53 Å². The molecular formula is C18H19NO2. The SMILES string of the molecule is COC(=O)c1ccc(-c2ccc3c(c2)CCCC3)cc1N. The van der Waals surface area contributed by atoms with Gasteiger partial charge in [0, 0.05) is 5.69 Å². The molecule has 3 rings (SSSR count). The molecule has 0 fully saturated rings. The maximum atomic E-state index is 11.6. The van der Waals surface area contributed by atoms with Crippen LogP contribution in [0, 0.1) is 0 Å². The van der Waals surface area contributed by atoms with Crippen molar-refractivity contribution >= 4 is 11.7 Å². The van der Waals surface area contributed by atoms with Crippen LogP contribution in [0.15, 0.2) is 36.4 Å². The van der Waals surface area contributed by atoms with E-state index in [9.17, 15) is 4.79 Å². The van der Waals surface area contributed by atoms with Gasteiger partial charge in [-0.1, -0.05) is 24.3 Å². The first-order valence-corrected chi connectivity index (χ1v) is 7.29. The van der Waals surface area contributed by atoms with Crippen molar-refractivity contribution in [2.24, 2.45) is 0 Å². The first kappa shape index (κ1) is 13.7. The molecule has 3 nitrogen and oxygen atoms in total. The summed E-state index contributed by atoms with van der Waals surface area (Å²) in [6.45, 7) is 0. The van der Waals surface area contributed by atoms with Crippen LogP contribution < -0.4 is 5.73 Å². The summed E-state index contributed by atoms with van der Waals surface area (Å²) in [4.78, 5) is 11.6. The molecule has 0 unspecified atom stereocenters. The summed E-state index contributed by atoms with van der Waals surface area (Å²) >= 11 is 0. The molecule has 108 valence electrons. The number of aryl methyl sites for hydroxylation is 2. The van der Waals surface area contributed by atoms with Crippen molar-refractivity contribution in [1.29, 1.82) is 0 Å². The first-order chi connectivity index (χ1) is 10.2. The average molecular weight is 281 g/mol. The molecule has 0 heterocycles. The number of nitrogen functional groups attached to an aromatic ring is 1. The van der Waals surface area contributed by atoms with Crippen LogP contribution >= 0.6 is 0 Å². The van der Waals surface area contributed by atoms with Crippen molar-refractivity contribution in [1.82, 2.24) is 0 Å². The van der Waals surface area contributed by atoms with E-state index in [1.165, 1.54) is 37.5 Å². The van der Waals surface area contributed by atoms with Gasteiger partial charge in [-0.15, -0.1) is 0 Å². The summed E-state index contributed by atoms with van der Waals surface area (Å²) in [5.74, 6) is -0.399. The van der Waals surface area contributed by atoms with Gasteiger partial charge in [0.25, 0.3) is 0 Å². The molecule has 0 radical (unpaired) electrons. The molecule has 0 atom stereocenters. The Kier molecular flexibility index (Phi) is 3.65. The van der Waals surface area contributed by atoms with E-state index in [-0.39, 0.29) is 0 Å². The topological polar surface area (TPSA) is 52.3 Å². The number of esters is 1. The van der Waals surface area contributed by atoms with Gasteiger partial charge < -0.3 is 10.5 Å². The smallest absolute Gasteiger partial charge is 0.339 e. The van der Waals surface area contributed by atoms with Gasteiger partial charge in [0.05, 0.1) is 12.7 Å². The van der Waals surface area contributed by atoms with Crippen molar-refractivity contribution in [2.45, 2.75) is 25.7 Å². The lowest BCUT2D eigenvalue weighted by Crippen LogP contribution is -2.05. The Morgan fingerprint density at radius 3 is 2.38 bits per heavy atom. The molecule has 2 N–H and O–H groups in total. The highest BCUT2D eigenvalue weighted by Crippen LogP contribution is 2.29. The quantitative estimate of drug-likeness (QED) is 0.676. The minimum atomic E-state index is -0.399. The van der Waals surface area contributed by atoms with Gasteiger partial charge in [-0.3, -0.25) is 0 Å². The number of anilines is 1. The predicted molar refractivity (Wildman–Crippen MR) is 84.3 cm³/mol. The fraction of sp³-hybridized carbons (Fsp3) is 0.278. The highest BCUT2D eigenvalue weighted by molar-refractivity contribution is 5.96. The zero-order valence-electron chi connectivity index (χ0n) is 12.2. The van der Waals surface area contributed by atoms with Crippen molar-refractivity contribution in [3.8, 4) is 11.1 Å². The summed E-state index contributed by atoms with van der Waals surface area (Å²) in [5.41, 5.74) is 11.9. The van der Waals surface area contributed by atoms with Gasteiger partial charge in [-0.25, -0.2) is 4.79 Å². The van der Waals surface area contributed by atoms with Crippen LogP contribution in [0.3, 0.4) is 0 Å². The van der Waals surface area contributed by atoms with Gasteiger partial charge in [-0.2, -0.15) is 0 Å². The average Bonchev–Trinajstić information content (AvgIpc) is 2.53. The number of nitrogens with two attached hydrogens (primary N) is 1. The molecule has 0 saturated heterocycles. The second-order valence-electron chi connectivity index (χ2n) is 5.48. The third-order valence-corrected chi connectivity index (χ3v) is 4.14. The van der Waals surface area contributed by atoms with E-state index in [0.717, 1.165) is 17.5 Å². The lowest BCUT2D eigenvalue weighted by molar-refractivity contribution is 0.0602. The summed E-state index contributed by atoms with van der Waals surface area (Å²) < 4.78 is 4.72. The fourth-order valence-corrected chi connectivity index (χ4v) is 2.95. The second-order valence-corrected chi connectivity index (χ2v) is 5.48. The zero-order valence-corrected chi connectivity index (χ0v) is 12.2. The minimum absolute atomic E-state index is 0.399. The maximum Gasteiger partial charge on any atom is 0.339 e. The van der Waals surface area contributed by atoms with E-state index in [1.54, 1.807) is 6.07 Å². The monoisotopic (exact) mass is 281 g/mol. The number of hydrogen-bond acceptors (Lipinski definition) is 3. The van der Waals surface area contributed by atoms with Gasteiger partial charge in [-0.05, 0) is 60.1 Å². The Hall–Kier alpha value is -2.29. The molecular weight excluding hydrogens is 262 g/mol. The third-order valence-electron chi connectivity index (χ3n) is 4.14. The minimum Gasteiger partial charge on any atom is -0.465 e. The van der Waals surface area contributed by atoms with E-state index in [0.29, 0.717) is 11.3 Å². The molecule has 2 aromatic rings. The number of fused-ring (bicyclic) bond motifs is 1. The van der Waals surface area contributed by atoms with Crippen LogP contribution in [0.2, 0.25) is 0 Å². The summed E-state index contributed by atoms with van der Waals surface area (Å²) in [7, 11) is 1.36. The van der Waals surface area contributed by atoms with Crippen LogP contribution in [0.5, 0.6) is 0 Å². The summed E-state index contributed by atoms with van der Waals surface area (Å²) in [6.07, 6.45) is 4.88. The standard InChI is InChI=1S/C18H19NO2/c1-21-18(20)16-9-8-15(11-17(16)19)14-7-6-12-4-2-3-5-13(12)10-14/h6-11H,2-5,19H2,1H3. The number of carbonyl (C=O) groups is 1. The number of ether oxygens (including phenoxy) is 1. The van der Waals surface area contributed by atoms with Crippen LogP contribution in [-0.4, -0.2) is 13.1 Å². The van der Waals surface area contributed by atoms with Gasteiger partial charge >= 0.3 is 5.97 Å². The number of rotatable bonds is 2. The van der Waals surface area contributed by atoms with Crippen LogP contribution in [0.1, 0.15) is 34.3 Å². The second kappa shape index (κ2) is 5.60. The van der Waals surface area contributed by atoms with Gasteiger partial charge in [0.15, 0.2) is 0 Å². The molecule has 1 aliphatic carbocycles. The van der Waals surface area contributed by atoms with Crippen LogP contribution in [0.4, 0.5) is 5.69 Å². The number of methoxy groups -OCH3 is 1. The lowest BCUT2D eigenvalue weighted by atomic mass is 9.89. The lowest BCUT2D eigenvalue weighted by Gasteiger charge is -2.17. The number of benzene rings is 2. The fourth-order valence-electron chi connectivity index (χ4n) is 2.95. The molecule has 3 heteroatoms. The Bertz CT molecular complexity index is 692. The first-order valence-electron chi connectivity index (χ1n) is 7.29. The molecule has 2 aromatic carbocycles. The third kappa shape index (κ3) is 2.64. The zero-order chi connectivity index (χ0) is 14.8. The molecule has 0 aromatic heterocycles. The maximum absolute atomic E-state index is 11.6. The molecule has 1 aliphatic rings. The normalized spacial score (nSPS) is 13.6. The van der Waals surface area contributed by atoms with Crippen molar-refractivity contribution in [2.75, 3.05) is 12.8 Å². The highest BCUT2D eigenvalue weighted by atomic mass is 16.5. The Morgan fingerprint density at radius 2 is 1.67 bits per heavy atom. The van der Waals surface area contributed by atoms with Crippen LogP contribution in [-0.2, 0) is 17.6 Å². The molecule has 0 spiro atoms. The molecule has 0 saturated carbocycles. The largest absolute Gasteiger partial charge is 0.465 e. The molecule has 21 heavy (non-hydrogen) atoms. The molecule has 0 amide bonds. The number of hydrogen-bond donors (Lipinski definition) is 1. The van der Waals surface area contributed by atoms with Gasteiger partial charge in [0.1, 0.15) is 0 Å². The van der Waals surface area contributed by atoms with E-state index in [1.807, 2.05) is 12.1 Å². The molecule has 0 bridgehead atoms. The number of carbonyl (C=O) groups excluding carboxylic acids is 1. The molecule has 0 aliphatic heterocycles. The predicted octanol–water partition coefficient (Wildman–Crippen LogP) is 3.60. The summed E-state index contributed by atoms with van der Waals surface area (Å²) in [5, 5.41) is 0. The Morgan fingerprint density at radius 1 is 1.00 bits per heavy atom. The van der Waals surface area contributed by atoms with Crippen molar-refractivity contribution in [3.63, 3.8) is 0 Å². The Labute approximate surface area is 124 Å². The van der Waals surface area contributed by atoms with E-state index in [2.05, 4.69) is 18.2 Å². The van der Waals surface area contributed by atoms with E-state index >= 15 is 0 Å². The van der Waals surface area contributed by atoms with E-state index in [4.69, 9.17) is 10.5 Å². The van der Waals surface area contributed by atoms with E-state index < -0.39 is 5.97 Å². The van der Waals surface area contributed by atoms with Gasteiger partial charge in [0.2, 0.25) is 0 Å².